The predicted octanol–water partition coefficient (Wildman–Crippen LogP) is 3.38. The van der Waals surface area contributed by atoms with Crippen molar-refractivity contribution in [3.63, 3.8) is 0 Å². The van der Waals surface area contributed by atoms with E-state index >= 15 is 0 Å². The topological polar surface area (TPSA) is 29.3 Å². The van der Waals surface area contributed by atoms with Gasteiger partial charge < -0.3 is 5.73 Å². The van der Waals surface area contributed by atoms with Gasteiger partial charge in [0.15, 0.2) is 0 Å². The molecule has 0 radical (unpaired) electrons. The smallest absolute Gasteiger partial charge is 0.0320 e. The molecule has 1 aliphatic heterocycles. The monoisotopic (exact) mass is 360 g/mol. The van der Waals surface area contributed by atoms with Crippen LogP contribution in [0.1, 0.15) is 18.4 Å². The third-order valence-electron chi connectivity index (χ3n) is 3.33. The van der Waals surface area contributed by atoms with Crippen LogP contribution < -0.4 is 5.73 Å². The molecule has 1 aromatic carbocycles. The summed E-state index contributed by atoms with van der Waals surface area (Å²) in [5.74, 6) is 0.683. The molecule has 1 aromatic rings. The second-order valence-corrected chi connectivity index (χ2v) is 6.44. The van der Waals surface area contributed by atoms with Crippen LogP contribution >= 0.6 is 31.9 Å². The summed E-state index contributed by atoms with van der Waals surface area (Å²) in [6, 6.07) is 6.47. The van der Waals surface area contributed by atoms with Crippen molar-refractivity contribution in [1.82, 2.24) is 4.90 Å². The fourth-order valence-electron chi connectivity index (χ4n) is 2.38. The van der Waals surface area contributed by atoms with Gasteiger partial charge in [0.05, 0.1) is 0 Å². The number of benzene rings is 1. The zero-order valence-electron chi connectivity index (χ0n) is 9.83. The molecule has 0 bridgehead atoms. The Bertz CT molecular complexity index is 382. The molecule has 0 aromatic heterocycles. The van der Waals surface area contributed by atoms with Crippen molar-refractivity contribution >= 4 is 31.9 Å². The van der Waals surface area contributed by atoms with Gasteiger partial charge in [-0.3, -0.25) is 4.90 Å². The molecule has 0 saturated carbocycles. The Balaban J connectivity index is 1.97. The molecular formula is C13H18Br2N2. The third-order valence-corrected chi connectivity index (χ3v) is 5.21. The highest BCUT2D eigenvalue weighted by Gasteiger charge is 2.18. The largest absolute Gasteiger partial charge is 0.330 e. The van der Waals surface area contributed by atoms with Crippen molar-refractivity contribution in [3.05, 3.63) is 32.7 Å². The maximum Gasteiger partial charge on any atom is 0.0320 e. The lowest BCUT2D eigenvalue weighted by atomic mass is 9.98. The van der Waals surface area contributed by atoms with Crippen LogP contribution in [0, 0.1) is 5.92 Å². The highest BCUT2D eigenvalue weighted by Crippen LogP contribution is 2.25. The molecule has 0 spiro atoms. The van der Waals surface area contributed by atoms with E-state index in [-0.39, 0.29) is 0 Å². The van der Waals surface area contributed by atoms with E-state index in [1.165, 1.54) is 24.9 Å². The standard InChI is InChI=1S/C13H18Br2N2/c14-12-4-3-10(6-13(12)15)8-17-5-1-2-11(7-16)9-17/h3-4,6,11H,1-2,5,7-9,16H2. The lowest BCUT2D eigenvalue weighted by Crippen LogP contribution is -2.37. The molecule has 2 N–H and O–H groups in total. The number of likely N-dealkylation sites (tertiary alicyclic amines) is 1. The van der Waals surface area contributed by atoms with E-state index in [4.69, 9.17) is 5.73 Å². The zero-order valence-corrected chi connectivity index (χ0v) is 13.0. The molecule has 17 heavy (non-hydrogen) atoms. The van der Waals surface area contributed by atoms with Crippen molar-refractivity contribution in [3.8, 4) is 0 Å². The first-order valence-corrected chi connectivity index (χ1v) is 7.64. The Morgan fingerprint density at radius 1 is 1.29 bits per heavy atom. The molecule has 0 amide bonds. The predicted molar refractivity (Wildman–Crippen MR) is 78.9 cm³/mol. The maximum atomic E-state index is 5.76. The molecule has 4 heteroatoms. The van der Waals surface area contributed by atoms with Crippen molar-refractivity contribution in [2.45, 2.75) is 19.4 Å². The molecule has 94 valence electrons. The van der Waals surface area contributed by atoms with Crippen LogP contribution in [0.25, 0.3) is 0 Å². The van der Waals surface area contributed by atoms with E-state index < -0.39 is 0 Å². The molecular weight excluding hydrogens is 344 g/mol. The first-order valence-electron chi connectivity index (χ1n) is 6.05. The van der Waals surface area contributed by atoms with E-state index in [1.807, 2.05) is 0 Å². The van der Waals surface area contributed by atoms with Crippen LogP contribution in [0.4, 0.5) is 0 Å². The highest BCUT2D eigenvalue weighted by atomic mass is 79.9. The molecule has 0 aliphatic carbocycles. The Hall–Kier alpha value is 0.1000. The first kappa shape index (κ1) is 13.5. The normalized spacial score (nSPS) is 21.7. The second kappa shape index (κ2) is 6.32. The summed E-state index contributed by atoms with van der Waals surface area (Å²) in [5.41, 5.74) is 7.12. The fraction of sp³-hybridized carbons (Fsp3) is 0.538. The molecule has 2 nitrogen and oxygen atoms in total. The Labute approximate surface area is 120 Å². The van der Waals surface area contributed by atoms with Crippen LogP contribution in [0.2, 0.25) is 0 Å². The van der Waals surface area contributed by atoms with E-state index in [2.05, 4.69) is 55.0 Å². The summed E-state index contributed by atoms with van der Waals surface area (Å²) in [6.45, 7) is 4.19. The van der Waals surface area contributed by atoms with E-state index in [0.717, 1.165) is 28.6 Å². The maximum absolute atomic E-state index is 5.76. The summed E-state index contributed by atoms with van der Waals surface area (Å²) >= 11 is 7.05. The SMILES string of the molecule is NCC1CCCN(Cc2ccc(Br)c(Br)c2)C1. The van der Waals surface area contributed by atoms with Crippen LogP contribution in [-0.4, -0.2) is 24.5 Å². The van der Waals surface area contributed by atoms with Gasteiger partial charge in [0.1, 0.15) is 0 Å². The first-order chi connectivity index (χ1) is 8.19. The lowest BCUT2D eigenvalue weighted by molar-refractivity contribution is 0.171. The fourth-order valence-corrected chi connectivity index (χ4v) is 3.06. The molecule has 1 aliphatic rings. The number of nitrogens with zero attached hydrogens (tertiary/aromatic N) is 1. The quantitative estimate of drug-likeness (QED) is 0.894. The number of hydrogen-bond acceptors (Lipinski definition) is 2. The van der Waals surface area contributed by atoms with Gasteiger partial charge in [-0.15, -0.1) is 0 Å². The van der Waals surface area contributed by atoms with Crippen molar-refractivity contribution in [2.75, 3.05) is 19.6 Å². The van der Waals surface area contributed by atoms with Crippen LogP contribution in [0.3, 0.4) is 0 Å². The summed E-state index contributed by atoms with van der Waals surface area (Å²) < 4.78 is 2.24. The van der Waals surface area contributed by atoms with Gasteiger partial charge >= 0.3 is 0 Å². The van der Waals surface area contributed by atoms with Gasteiger partial charge in [0.25, 0.3) is 0 Å². The Kier molecular flexibility index (Phi) is 5.03. The number of piperidine rings is 1. The van der Waals surface area contributed by atoms with Gasteiger partial charge in [0, 0.05) is 22.0 Å². The molecule has 1 unspecified atom stereocenters. The number of halogens is 2. The molecule has 1 heterocycles. The highest BCUT2D eigenvalue weighted by molar-refractivity contribution is 9.13. The number of nitrogens with two attached hydrogens (primary N) is 1. The zero-order chi connectivity index (χ0) is 12.3. The average molecular weight is 362 g/mol. The van der Waals surface area contributed by atoms with Gasteiger partial charge in [-0.25, -0.2) is 0 Å². The summed E-state index contributed by atoms with van der Waals surface area (Å²) in [7, 11) is 0. The Morgan fingerprint density at radius 3 is 2.82 bits per heavy atom. The molecule has 2 rings (SSSR count). The summed E-state index contributed by atoms with van der Waals surface area (Å²) in [4.78, 5) is 2.51. The van der Waals surface area contributed by atoms with Gasteiger partial charge in [0.2, 0.25) is 0 Å². The third kappa shape index (κ3) is 3.78. The van der Waals surface area contributed by atoms with Crippen molar-refractivity contribution < 1.29 is 0 Å². The number of hydrogen-bond donors (Lipinski definition) is 1. The van der Waals surface area contributed by atoms with Crippen LogP contribution in [-0.2, 0) is 6.54 Å². The lowest BCUT2D eigenvalue weighted by Gasteiger charge is -2.32. The van der Waals surface area contributed by atoms with Gasteiger partial charge in [-0.1, -0.05) is 6.07 Å². The molecule has 1 fully saturated rings. The second-order valence-electron chi connectivity index (χ2n) is 4.73. The van der Waals surface area contributed by atoms with Crippen LogP contribution in [0.5, 0.6) is 0 Å². The summed E-state index contributed by atoms with van der Waals surface area (Å²) in [5, 5.41) is 0. The minimum Gasteiger partial charge on any atom is -0.330 e. The Morgan fingerprint density at radius 2 is 2.12 bits per heavy atom. The van der Waals surface area contributed by atoms with E-state index in [0.29, 0.717) is 5.92 Å². The van der Waals surface area contributed by atoms with Crippen molar-refractivity contribution in [1.29, 1.82) is 0 Å². The molecule has 1 saturated heterocycles. The van der Waals surface area contributed by atoms with Crippen LogP contribution in [0.15, 0.2) is 27.1 Å². The summed E-state index contributed by atoms with van der Waals surface area (Å²) in [6.07, 6.45) is 2.57. The minimum absolute atomic E-state index is 0.683. The van der Waals surface area contributed by atoms with E-state index in [9.17, 15) is 0 Å². The molecule has 1 atom stereocenters. The van der Waals surface area contributed by atoms with E-state index in [1.54, 1.807) is 0 Å². The van der Waals surface area contributed by atoms with Gasteiger partial charge in [-0.2, -0.15) is 0 Å². The average Bonchev–Trinajstić information content (AvgIpc) is 2.34. The minimum atomic E-state index is 0.683. The van der Waals surface area contributed by atoms with Crippen molar-refractivity contribution in [2.24, 2.45) is 11.7 Å². The number of rotatable bonds is 3. The van der Waals surface area contributed by atoms with Gasteiger partial charge in [-0.05, 0) is 81.4 Å².